The summed E-state index contributed by atoms with van der Waals surface area (Å²) < 4.78 is 26.5. The Bertz CT molecular complexity index is 549. The molecule has 0 bridgehead atoms. The van der Waals surface area contributed by atoms with E-state index in [-0.39, 0.29) is 17.3 Å². The number of sulfonamides is 1. The number of anilines is 1. The van der Waals surface area contributed by atoms with Gasteiger partial charge in [0.1, 0.15) is 5.82 Å². The van der Waals surface area contributed by atoms with Crippen molar-refractivity contribution in [3.8, 4) is 0 Å². The van der Waals surface area contributed by atoms with Crippen molar-refractivity contribution in [1.29, 1.82) is 0 Å². The smallest absolute Gasteiger partial charge is 0.243 e. The number of β-amino-alcohol motifs (C(OH)–C–C–N with tert-alkyl or cyclic N) is 1. The summed E-state index contributed by atoms with van der Waals surface area (Å²) in [5.41, 5.74) is 5.55. The van der Waals surface area contributed by atoms with Gasteiger partial charge in [0.05, 0.1) is 11.5 Å². The number of aliphatic hydroxyl groups excluding tert-OH is 1. The first kappa shape index (κ1) is 15.2. The Morgan fingerprint density at radius 1 is 1.30 bits per heavy atom. The molecule has 0 radical (unpaired) electrons. The summed E-state index contributed by atoms with van der Waals surface area (Å²) in [7, 11) is -3.52. The van der Waals surface area contributed by atoms with E-state index in [0.717, 1.165) is 13.0 Å². The molecule has 0 spiro atoms. The maximum absolute atomic E-state index is 12.5. The fraction of sp³-hybridized carbons (Fsp3) is 0.583. The minimum Gasteiger partial charge on any atom is -0.395 e. The number of rotatable bonds is 4. The lowest BCUT2D eigenvalue weighted by molar-refractivity contribution is 0.202. The van der Waals surface area contributed by atoms with Gasteiger partial charge in [-0.25, -0.2) is 13.4 Å². The van der Waals surface area contributed by atoms with Gasteiger partial charge < -0.3 is 10.8 Å². The van der Waals surface area contributed by atoms with E-state index in [0.29, 0.717) is 26.2 Å². The van der Waals surface area contributed by atoms with Gasteiger partial charge in [0.15, 0.2) is 0 Å². The highest BCUT2D eigenvalue weighted by molar-refractivity contribution is 7.89. The minimum absolute atomic E-state index is 0.0909. The van der Waals surface area contributed by atoms with Crippen LogP contribution in [0, 0.1) is 0 Å². The van der Waals surface area contributed by atoms with Gasteiger partial charge >= 0.3 is 0 Å². The number of nitrogens with zero attached hydrogens (tertiary/aromatic N) is 3. The maximum Gasteiger partial charge on any atom is 0.243 e. The summed E-state index contributed by atoms with van der Waals surface area (Å²) in [6.45, 7) is 2.99. The average molecular weight is 300 g/mol. The summed E-state index contributed by atoms with van der Waals surface area (Å²) in [5, 5.41) is 8.95. The number of hydrogen-bond acceptors (Lipinski definition) is 6. The molecule has 2 rings (SSSR count). The van der Waals surface area contributed by atoms with Gasteiger partial charge in [-0.2, -0.15) is 4.31 Å². The number of nitrogens with two attached hydrogens (primary N) is 1. The van der Waals surface area contributed by atoms with Gasteiger partial charge in [-0.3, -0.25) is 4.90 Å². The normalized spacial score (nSPS) is 18.9. The molecule has 1 saturated heterocycles. The molecule has 1 aromatic heterocycles. The largest absolute Gasteiger partial charge is 0.395 e. The molecule has 1 aromatic rings. The van der Waals surface area contributed by atoms with E-state index in [2.05, 4.69) is 9.88 Å². The fourth-order valence-corrected chi connectivity index (χ4v) is 3.78. The summed E-state index contributed by atoms with van der Waals surface area (Å²) in [5.74, 6) is 0.197. The van der Waals surface area contributed by atoms with Crippen molar-refractivity contribution < 1.29 is 13.5 Å². The minimum atomic E-state index is -3.52. The van der Waals surface area contributed by atoms with Crippen LogP contribution in [0.2, 0.25) is 0 Å². The highest BCUT2D eigenvalue weighted by atomic mass is 32.2. The molecule has 0 aromatic carbocycles. The van der Waals surface area contributed by atoms with E-state index in [1.54, 1.807) is 0 Å². The fourth-order valence-electron chi connectivity index (χ4n) is 2.29. The molecule has 20 heavy (non-hydrogen) atoms. The van der Waals surface area contributed by atoms with Crippen LogP contribution in [0.4, 0.5) is 5.82 Å². The van der Waals surface area contributed by atoms with E-state index in [9.17, 15) is 8.42 Å². The number of pyridine rings is 1. The van der Waals surface area contributed by atoms with Gasteiger partial charge in [0.25, 0.3) is 0 Å². The molecule has 0 amide bonds. The lowest BCUT2D eigenvalue weighted by Gasteiger charge is -2.21. The molecule has 0 atom stereocenters. The predicted octanol–water partition coefficient (Wildman–Crippen LogP) is -0.647. The van der Waals surface area contributed by atoms with Crippen molar-refractivity contribution in [3.63, 3.8) is 0 Å². The Balaban J connectivity index is 2.14. The zero-order valence-electron chi connectivity index (χ0n) is 11.3. The van der Waals surface area contributed by atoms with Gasteiger partial charge in [0, 0.05) is 38.4 Å². The molecular formula is C12H20N4O3S. The third kappa shape index (κ3) is 3.45. The van der Waals surface area contributed by atoms with Crippen molar-refractivity contribution in [2.75, 3.05) is 45.1 Å². The SMILES string of the molecule is Nc1cc(S(=O)(=O)N2CCCN(CCO)CC2)ccn1. The van der Waals surface area contributed by atoms with Crippen LogP contribution in [0.5, 0.6) is 0 Å². The Morgan fingerprint density at radius 2 is 2.10 bits per heavy atom. The van der Waals surface area contributed by atoms with Crippen molar-refractivity contribution in [2.24, 2.45) is 0 Å². The van der Waals surface area contributed by atoms with Crippen LogP contribution in [0.25, 0.3) is 0 Å². The lowest BCUT2D eigenvalue weighted by atomic mass is 10.4. The van der Waals surface area contributed by atoms with Crippen LogP contribution in [-0.2, 0) is 10.0 Å². The van der Waals surface area contributed by atoms with Gasteiger partial charge in [-0.1, -0.05) is 0 Å². The Hall–Kier alpha value is -1.22. The lowest BCUT2D eigenvalue weighted by Crippen LogP contribution is -2.36. The van der Waals surface area contributed by atoms with Crippen LogP contribution in [0.1, 0.15) is 6.42 Å². The third-order valence-corrected chi connectivity index (χ3v) is 5.25. The maximum atomic E-state index is 12.5. The summed E-state index contributed by atoms with van der Waals surface area (Å²) in [4.78, 5) is 6.06. The predicted molar refractivity (Wildman–Crippen MR) is 75.6 cm³/mol. The Labute approximate surface area is 119 Å². The molecule has 0 aliphatic carbocycles. The first-order chi connectivity index (χ1) is 9.54. The van der Waals surface area contributed by atoms with E-state index < -0.39 is 10.0 Å². The van der Waals surface area contributed by atoms with Crippen molar-refractivity contribution >= 4 is 15.8 Å². The molecule has 3 N–H and O–H groups in total. The number of aromatic nitrogens is 1. The molecule has 1 fully saturated rings. The van der Waals surface area contributed by atoms with Crippen LogP contribution in [0.3, 0.4) is 0 Å². The summed E-state index contributed by atoms with van der Waals surface area (Å²) >= 11 is 0. The molecule has 1 aliphatic heterocycles. The molecule has 0 saturated carbocycles. The van der Waals surface area contributed by atoms with Crippen LogP contribution >= 0.6 is 0 Å². The molecule has 0 unspecified atom stereocenters. The quantitative estimate of drug-likeness (QED) is 0.767. The van der Waals surface area contributed by atoms with Crippen molar-refractivity contribution in [2.45, 2.75) is 11.3 Å². The molecule has 1 aliphatic rings. The van der Waals surface area contributed by atoms with Crippen molar-refractivity contribution in [1.82, 2.24) is 14.2 Å². The molecule has 112 valence electrons. The van der Waals surface area contributed by atoms with Gasteiger partial charge in [-0.05, 0) is 19.0 Å². The Morgan fingerprint density at radius 3 is 2.80 bits per heavy atom. The highest BCUT2D eigenvalue weighted by Crippen LogP contribution is 2.18. The highest BCUT2D eigenvalue weighted by Gasteiger charge is 2.26. The monoisotopic (exact) mass is 300 g/mol. The first-order valence-electron chi connectivity index (χ1n) is 6.59. The molecular weight excluding hydrogens is 280 g/mol. The number of aliphatic hydroxyl groups is 1. The Kier molecular flexibility index (Phi) is 4.92. The van der Waals surface area contributed by atoms with Gasteiger partial charge in [-0.15, -0.1) is 0 Å². The first-order valence-corrected chi connectivity index (χ1v) is 8.03. The standard InChI is InChI=1S/C12H20N4O3S/c13-12-10-11(2-3-14-12)20(18,19)16-5-1-4-15(6-7-16)8-9-17/h2-3,10,17H,1,4-9H2,(H2,13,14). The summed E-state index contributed by atoms with van der Waals surface area (Å²) in [6.07, 6.45) is 2.15. The van der Waals surface area contributed by atoms with Crippen molar-refractivity contribution in [3.05, 3.63) is 18.3 Å². The topological polar surface area (TPSA) is 99.8 Å². The van der Waals surface area contributed by atoms with Gasteiger partial charge in [0.2, 0.25) is 10.0 Å². The van der Waals surface area contributed by atoms with E-state index >= 15 is 0 Å². The van der Waals surface area contributed by atoms with Crippen LogP contribution in [-0.4, -0.2) is 67.0 Å². The molecule has 2 heterocycles. The second kappa shape index (κ2) is 6.49. The van der Waals surface area contributed by atoms with Crippen LogP contribution in [0.15, 0.2) is 23.2 Å². The second-order valence-corrected chi connectivity index (χ2v) is 6.68. The van der Waals surface area contributed by atoms with E-state index in [4.69, 9.17) is 10.8 Å². The number of hydrogen-bond donors (Lipinski definition) is 2. The van der Waals surface area contributed by atoms with E-state index in [1.165, 1.54) is 22.6 Å². The molecule has 8 heteroatoms. The number of nitrogen functional groups attached to an aromatic ring is 1. The second-order valence-electron chi connectivity index (χ2n) is 4.74. The average Bonchev–Trinajstić information content (AvgIpc) is 2.65. The zero-order chi connectivity index (χ0) is 14.6. The van der Waals surface area contributed by atoms with Crippen LogP contribution < -0.4 is 5.73 Å². The third-order valence-electron chi connectivity index (χ3n) is 3.35. The van der Waals surface area contributed by atoms with E-state index in [1.807, 2.05) is 0 Å². The zero-order valence-corrected chi connectivity index (χ0v) is 12.1. The summed E-state index contributed by atoms with van der Waals surface area (Å²) in [6, 6.07) is 2.84. The molecule has 7 nitrogen and oxygen atoms in total.